The molecule has 87 heavy (non-hydrogen) atoms. The summed E-state index contributed by atoms with van der Waals surface area (Å²) in [6.45, 7) is 0. The SMILES string of the molecule is O=c1c2cc3c(=O)n(-c4cc5cccnc5c5ncccc45)c(=O)c3cc2c(=O)n1-c1cc(-n2c3ccccc3c3ccccc32)ccc1-n1c2ccccc2c2ccccc21.[Ru+2].c1ccc(-c2ccccn2)nc1.c1ccc(-c2ccccn2)nc1. The number of pyridine rings is 6. The molecular weight excluding hydrogens is 1170 g/mol. The maximum Gasteiger partial charge on any atom is 2.00 e. The van der Waals surface area contributed by atoms with Gasteiger partial charge in [-0.25, -0.2) is 9.13 Å². The van der Waals surface area contributed by atoms with Crippen molar-refractivity contribution in [3.8, 4) is 45.5 Å². The third-order valence-corrected chi connectivity index (χ3v) is 15.6. The molecule has 0 aliphatic heterocycles. The molecule has 0 aliphatic carbocycles. The van der Waals surface area contributed by atoms with Gasteiger partial charge in [0.1, 0.15) is 0 Å². The molecule has 412 valence electrons. The van der Waals surface area contributed by atoms with Gasteiger partial charge in [-0.1, -0.05) is 103 Å². The Balaban J connectivity index is 0.000000220. The van der Waals surface area contributed by atoms with E-state index in [4.69, 9.17) is 0 Å². The summed E-state index contributed by atoms with van der Waals surface area (Å²) >= 11 is 0. The van der Waals surface area contributed by atoms with Crippen LogP contribution in [0, 0.1) is 0 Å². The number of aromatic nitrogens is 10. The van der Waals surface area contributed by atoms with Crippen molar-refractivity contribution in [2.75, 3.05) is 0 Å². The van der Waals surface area contributed by atoms with E-state index in [2.05, 4.69) is 75.4 Å². The average molecular weight is 1210 g/mol. The minimum absolute atomic E-state index is 0. The molecule has 0 N–H and O–H groups in total. The van der Waals surface area contributed by atoms with Crippen LogP contribution in [0.1, 0.15) is 0 Å². The molecular formula is C72H44N10O4Ru+2. The third-order valence-electron chi connectivity index (χ3n) is 15.6. The average Bonchev–Trinajstić information content (AvgIpc) is 1.64. The normalized spacial score (nSPS) is 11.3. The first-order valence-corrected chi connectivity index (χ1v) is 27.7. The molecule has 17 rings (SSSR count). The van der Waals surface area contributed by atoms with Crippen LogP contribution in [0.2, 0.25) is 0 Å². The molecule has 0 bridgehead atoms. The van der Waals surface area contributed by atoms with Gasteiger partial charge in [-0.3, -0.25) is 49.1 Å². The summed E-state index contributed by atoms with van der Waals surface area (Å²) in [5, 5.41) is 5.63. The van der Waals surface area contributed by atoms with Gasteiger partial charge in [0.05, 0.1) is 94.5 Å². The summed E-state index contributed by atoms with van der Waals surface area (Å²) in [6.07, 6.45) is 10.4. The quantitative estimate of drug-likeness (QED) is 0.116. The van der Waals surface area contributed by atoms with Crippen LogP contribution < -0.4 is 22.2 Å². The van der Waals surface area contributed by atoms with Gasteiger partial charge >= 0.3 is 19.5 Å². The number of benzene rings is 7. The van der Waals surface area contributed by atoms with Crippen molar-refractivity contribution < 1.29 is 19.5 Å². The first-order chi connectivity index (χ1) is 42.4. The van der Waals surface area contributed by atoms with Crippen LogP contribution in [0.4, 0.5) is 0 Å². The molecule has 0 atom stereocenters. The summed E-state index contributed by atoms with van der Waals surface area (Å²) in [4.78, 5) is 84.7. The Hall–Kier alpha value is -11.5. The Morgan fingerprint density at radius 1 is 0.241 bits per heavy atom. The van der Waals surface area contributed by atoms with E-state index < -0.39 is 22.2 Å². The molecule has 10 heterocycles. The predicted octanol–water partition coefficient (Wildman–Crippen LogP) is 13.5. The number of para-hydroxylation sites is 4. The van der Waals surface area contributed by atoms with Crippen molar-refractivity contribution in [3.05, 3.63) is 309 Å². The van der Waals surface area contributed by atoms with E-state index in [1.165, 1.54) is 16.7 Å². The second kappa shape index (κ2) is 22.2. The molecule has 14 nitrogen and oxygen atoms in total. The molecule has 0 radical (unpaired) electrons. The summed E-state index contributed by atoms with van der Waals surface area (Å²) in [5.74, 6) is 0. The Kier molecular flexibility index (Phi) is 13.7. The van der Waals surface area contributed by atoms with E-state index in [1.807, 2.05) is 158 Å². The first-order valence-electron chi connectivity index (χ1n) is 27.7. The maximum absolute atomic E-state index is 15.0. The molecule has 0 amide bonds. The zero-order valence-electron chi connectivity index (χ0n) is 45.9. The van der Waals surface area contributed by atoms with Gasteiger partial charge in [0, 0.05) is 75.2 Å². The van der Waals surface area contributed by atoms with Crippen LogP contribution in [-0.4, -0.2) is 48.2 Å². The summed E-state index contributed by atoms with van der Waals surface area (Å²) in [5.41, 5.74) is 8.24. The van der Waals surface area contributed by atoms with Gasteiger partial charge in [-0.05, 0) is 127 Å². The van der Waals surface area contributed by atoms with E-state index in [0.717, 1.165) is 76.6 Å². The van der Waals surface area contributed by atoms with Crippen molar-refractivity contribution in [1.82, 2.24) is 48.2 Å². The van der Waals surface area contributed by atoms with Gasteiger partial charge in [0.2, 0.25) is 0 Å². The molecule has 7 aromatic carbocycles. The Morgan fingerprint density at radius 2 is 0.598 bits per heavy atom. The molecule has 0 saturated carbocycles. The first kappa shape index (κ1) is 53.5. The molecule has 15 heteroatoms. The number of rotatable bonds is 6. The minimum atomic E-state index is -0.598. The Labute approximate surface area is 506 Å². The van der Waals surface area contributed by atoms with E-state index >= 15 is 9.59 Å². The zero-order chi connectivity index (χ0) is 57.8. The van der Waals surface area contributed by atoms with Gasteiger partial charge in [0.15, 0.2) is 0 Å². The van der Waals surface area contributed by atoms with E-state index in [0.29, 0.717) is 38.9 Å². The van der Waals surface area contributed by atoms with Gasteiger partial charge in [-0.2, -0.15) is 0 Å². The van der Waals surface area contributed by atoms with Gasteiger partial charge in [-0.15, -0.1) is 0 Å². The monoisotopic (exact) mass is 1210 g/mol. The Morgan fingerprint density at radius 3 is 1.02 bits per heavy atom. The molecule has 0 fully saturated rings. The van der Waals surface area contributed by atoms with Crippen LogP contribution in [-0.2, 0) is 19.5 Å². The van der Waals surface area contributed by atoms with Gasteiger partial charge in [0.25, 0.3) is 22.2 Å². The molecule has 10 aromatic heterocycles. The van der Waals surface area contributed by atoms with E-state index in [-0.39, 0.29) is 41.0 Å². The minimum Gasteiger partial charge on any atom is -0.309 e. The van der Waals surface area contributed by atoms with Crippen LogP contribution >= 0.6 is 0 Å². The second-order valence-corrected chi connectivity index (χ2v) is 20.5. The topological polar surface area (TPSA) is 165 Å². The molecule has 0 aliphatic rings. The fourth-order valence-electron chi connectivity index (χ4n) is 11.8. The number of nitrogens with zero attached hydrogens (tertiary/aromatic N) is 10. The smallest absolute Gasteiger partial charge is 0.309 e. The van der Waals surface area contributed by atoms with Crippen molar-refractivity contribution in [1.29, 1.82) is 0 Å². The van der Waals surface area contributed by atoms with Gasteiger partial charge < -0.3 is 9.13 Å². The second-order valence-electron chi connectivity index (χ2n) is 20.5. The van der Waals surface area contributed by atoms with Crippen molar-refractivity contribution in [3.63, 3.8) is 0 Å². The van der Waals surface area contributed by atoms with Crippen molar-refractivity contribution >= 4 is 87.0 Å². The molecule has 0 saturated heterocycles. The van der Waals surface area contributed by atoms with Crippen LogP contribution in [0.25, 0.3) is 132 Å². The molecule has 0 unspecified atom stereocenters. The third kappa shape index (κ3) is 9.08. The predicted molar refractivity (Wildman–Crippen MR) is 342 cm³/mol. The van der Waals surface area contributed by atoms with Crippen molar-refractivity contribution in [2.24, 2.45) is 0 Å². The number of fused-ring (bicyclic) bond motifs is 11. The van der Waals surface area contributed by atoms with Crippen LogP contribution in [0.15, 0.2) is 287 Å². The largest absolute Gasteiger partial charge is 2.00 e. The summed E-state index contributed by atoms with van der Waals surface area (Å²) in [6, 6.07) is 73.2. The molecule has 0 spiro atoms. The maximum atomic E-state index is 15.0. The molecule has 17 aromatic rings. The fraction of sp³-hybridized carbons (Fsp3) is 0. The summed E-state index contributed by atoms with van der Waals surface area (Å²) < 4.78 is 6.53. The van der Waals surface area contributed by atoms with Crippen LogP contribution in [0.3, 0.4) is 0 Å². The van der Waals surface area contributed by atoms with Crippen molar-refractivity contribution in [2.45, 2.75) is 0 Å². The number of hydrogen-bond donors (Lipinski definition) is 0. The van der Waals surface area contributed by atoms with E-state index in [9.17, 15) is 9.59 Å². The summed E-state index contributed by atoms with van der Waals surface area (Å²) in [7, 11) is 0. The standard InChI is InChI=1S/C52H28N6O4.2C10H8N2.Ru/c59-49-36-27-38-39(28-37(36)50(60)57(49)45-25-29-11-9-23-53-47(29)48-35(45)16-10-24-54-48)52(62)58(51(38)61)46-26-30(55-40-17-5-1-12-31(40)32-13-2-6-18-41(32)55)21-22-44(46)56-42-19-7-3-14-33(42)34-15-4-8-20-43(34)56;2*1-3-7-11-9(5-1)10-6-2-4-8-12-10;/h1-28H;2*1-8H;/q;;;+2. The Bertz CT molecular complexity index is 5370. The zero-order valence-corrected chi connectivity index (χ0v) is 47.6. The number of hydrogen-bond acceptors (Lipinski definition) is 10. The fourth-order valence-corrected chi connectivity index (χ4v) is 11.8. The van der Waals surface area contributed by atoms with Crippen LogP contribution in [0.5, 0.6) is 0 Å². The van der Waals surface area contributed by atoms with E-state index in [1.54, 1.807) is 61.4 Å².